The molecule has 4 rings (SSSR count). The van der Waals surface area contributed by atoms with Crippen molar-refractivity contribution >= 4 is 75.4 Å². The molecule has 1 aromatic heterocycles. The number of benzene rings is 2. The SMILES string of the molecule is Cc1cc(-n2c(C)cc(/C=C3\C(=O)NC(=O)N(c4ccc(Cl)c(Cl)c4)C3=O)c2C)ccc1I. The number of urea groups is 1. The van der Waals surface area contributed by atoms with Gasteiger partial charge in [0.2, 0.25) is 0 Å². The maximum atomic E-state index is 13.2. The Morgan fingerprint density at radius 2 is 1.61 bits per heavy atom. The first-order valence-corrected chi connectivity index (χ1v) is 11.7. The van der Waals surface area contributed by atoms with Crippen molar-refractivity contribution in [3.63, 3.8) is 0 Å². The molecule has 0 spiro atoms. The third kappa shape index (κ3) is 4.32. The summed E-state index contributed by atoms with van der Waals surface area (Å²) in [6.45, 7) is 5.92. The van der Waals surface area contributed by atoms with Crippen molar-refractivity contribution in [1.29, 1.82) is 0 Å². The van der Waals surface area contributed by atoms with E-state index in [0.29, 0.717) is 5.56 Å². The van der Waals surface area contributed by atoms with Crippen molar-refractivity contribution in [3.8, 4) is 5.69 Å². The second-order valence-electron chi connectivity index (χ2n) is 7.65. The van der Waals surface area contributed by atoms with Crippen molar-refractivity contribution in [3.05, 3.63) is 84.2 Å². The average Bonchev–Trinajstić information content (AvgIpc) is 3.03. The van der Waals surface area contributed by atoms with E-state index in [4.69, 9.17) is 23.2 Å². The molecule has 1 saturated heterocycles. The lowest BCUT2D eigenvalue weighted by atomic mass is 10.1. The molecule has 4 amide bonds. The molecule has 0 radical (unpaired) electrons. The van der Waals surface area contributed by atoms with E-state index in [-0.39, 0.29) is 21.3 Å². The highest BCUT2D eigenvalue weighted by molar-refractivity contribution is 14.1. The summed E-state index contributed by atoms with van der Waals surface area (Å²) in [4.78, 5) is 39.1. The number of nitrogens with one attached hydrogen (secondary N) is 1. The Morgan fingerprint density at radius 3 is 2.27 bits per heavy atom. The molecule has 0 aliphatic carbocycles. The normalized spacial score (nSPS) is 15.4. The quantitative estimate of drug-likeness (QED) is 0.231. The third-order valence-corrected chi connectivity index (χ3v) is 7.38. The molecule has 6 nitrogen and oxygen atoms in total. The molecule has 0 unspecified atom stereocenters. The molecule has 0 saturated carbocycles. The molecule has 0 atom stereocenters. The largest absolute Gasteiger partial charge is 0.335 e. The molecular weight excluding hydrogens is 576 g/mol. The highest BCUT2D eigenvalue weighted by Crippen LogP contribution is 2.30. The highest BCUT2D eigenvalue weighted by atomic mass is 127. The number of barbiturate groups is 1. The van der Waals surface area contributed by atoms with E-state index in [1.807, 2.05) is 39.0 Å². The zero-order chi connectivity index (χ0) is 24.0. The van der Waals surface area contributed by atoms with Gasteiger partial charge in [-0.15, -0.1) is 0 Å². The number of rotatable bonds is 3. The van der Waals surface area contributed by atoms with Crippen LogP contribution in [0.3, 0.4) is 0 Å². The fourth-order valence-corrected chi connectivity index (χ4v) is 4.40. The van der Waals surface area contributed by atoms with Crippen LogP contribution < -0.4 is 10.2 Å². The lowest BCUT2D eigenvalue weighted by molar-refractivity contribution is -0.122. The topological polar surface area (TPSA) is 71.4 Å². The molecular formula is C24H18Cl2IN3O3. The summed E-state index contributed by atoms with van der Waals surface area (Å²) >= 11 is 14.3. The lowest BCUT2D eigenvalue weighted by Crippen LogP contribution is -2.54. The summed E-state index contributed by atoms with van der Waals surface area (Å²) < 4.78 is 3.22. The maximum absolute atomic E-state index is 13.2. The number of amides is 4. The molecule has 1 fully saturated rings. The van der Waals surface area contributed by atoms with Gasteiger partial charge in [-0.1, -0.05) is 23.2 Å². The number of aryl methyl sites for hydroxylation is 2. The van der Waals surface area contributed by atoms with Crippen LogP contribution in [0.1, 0.15) is 22.5 Å². The predicted octanol–water partition coefficient (Wildman–Crippen LogP) is 5.98. The highest BCUT2D eigenvalue weighted by Gasteiger charge is 2.37. The van der Waals surface area contributed by atoms with Crippen LogP contribution in [0.15, 0.2) is 48.0 Å². The molecule has 1 N–H and O–H groups in total. The van der Waals surface area contributed by atoms with E-state index in [1.165, 1.54) is 24.3 Å². The van der Waals surface area contributed by atoms with Gasteiger partial charge in [-0.3, -0.25) is 14.9 Å². The molecule has 1 aliphatic heterocycles. The van der Waals surface area contributed by atoms with Gasteiger partial charge in [-0.05, 0) is 103 Å². The number of anilines is 1. The Labute approximate surface area is 214 Å². The van der Waals surface area contributed by atoms with E-state index < -0.39 is 17.8 Å². The van der Waals surface area contributed by atoms with Crippen molar-refractivity contribution < 1.29 is 14.4 Å². The third-order valence-electron chi connectivity index (χ3n) is 5.43. The minimum atomic E-state index is -0.847. The van der Waals surface area contributed by atoms with Gasteiger partial charge in [0.15, 0.2) is 0 Å². The first kappa shape index (κ1) is 23.5. The van der Waals surface area contributed by atoms with Gasteiger partial charge in [0.25, 0.3) is 11.8 Å². The second-order valence-corrected chi connectivity index (χ2v) is 9.63. The van der Waals surface area contributed by atoms with Crippen molar-refractivity contribution in [2.24, 2.45) is 0 Å². The fourth-order valence-electron chi connectivity index (χ4n) is 3.77. The second kappa shape index (κ2) is 8.96. The first-order valence-electron chi connectivity index (χ1n) is 9.90. The molecule has 33 heavy (non-hydrogen) atoms. The van der Waals surface area contributed by atoms with Gasteiger partial charge in [0.05, 0.1) is 15.7 Å². The fraction of sp³-hybridized carbons (Fsp3) is 0.125. The Kier molecular flexibility index (Phi) is 6.39. The van der Waals surface area contributed by atoms with Gasteiger partial charge in [0.1, 0.15) is 5.57 Å². The average molecular weight is 594 g/mol. The van der Waals surface area contributed by atoms with Crippen molar-refractivity contribution in [1.82, 2.24) is 9.88 Å². The Hall–Kier alpha value is -2.62. The van der Waals surface area contributed by atoms with Crippen molar-refractivity contribution in [2.75, 3.05) is 4.90 Å². The van der Waals surface area contributed by atoms with Crippen LogP contribution in [0.2, 0.25) is 10.0 Å². The smallest absolute Gasteiger partial charge is 0.318 e. The van der Waals surface area contributed by atoms with E-state index in [1.54, 1.807) is 0 Å². The number of halogens is 3. The summed E-state index contributed by atoms with van der Waals surface area (Å²) in [6.07, 6.45) is 1.51. The van der Waals surface area contributed by atoms with Gasteiger partial charge >= 0.3 is 6.03 Å². The minimum absolute atomic E-state index is 0.153. The van der Waals surface area contributed by atoms with Crippen LogP contribution in [0.4, 0.5) is 10.5 Å². The molecule has 9 heteroatoms. The van der Waals surface area contributed by atoms with E-state index in [0.717, 1.165) is 31.1 Å². The standard InChI is InChI=1S/C24H18Cl2IN3O3/c1-12-8-16(5-7-21(12)27)29-13(2)9-15(14(29)3)10-18-22(31)28-24(33)30(23(18)32)17-4-6-19(25)20(26)11-17/h4-11H,1-3H3,(H,28,31,33)/b18-10+. The van der Waals surface area contributed by atoms with Crippen LogP contribution in [0, 0.1) is 24.3 Å². The van der Waals surface area contributed by atoms with Crippen LogP contribution in [-0.4, -0.2) is 22.4 Å². The molecule has 3 aromatic rings. The lowest BCUT2D eigenvalue weighted by Gasteiger charge is -2.26. The Morgan fingerprint density at radius 1 is 0.909 bits per heavy atom. The van der Waals surface area contributed by atoms with Crippen LogP contribution in [0.25, 0.3) is 11.8 Å². The van der Waals surface area contributed by atoms with Gasteiger partial charge < -0.3 is 4.57 Å². The Bertz CT molecular complexity index is 1380. The summed E-state index contributed by atoms with van der Waals surface area (Å²) in [6, 6.07) is 11.6. The molecule has 0 bridgehead atoms. The number of nitrogens with zero attached hydrogens (tertiary/aromatic N) is 2. The van der Waals surface area contributed by atoms with E-state index in [2.05, 4.69) is 38.5 Å². The number of carbonyl (C=O) groups excluding carboxylic acids is 3. The number of aromatic nitrogens is 1. The first-order chi connectivity index (χ1) is 15.6. The summed E-state index contributed by atoms with van der Waals surface area (Å²) in [7, 11) is 0. The van der Waals surface area contributed by atoms with Gasteiger partial charge in [-0.25, -0.2) is 9.69 Å². The van der Waals surface area contributed by atoms with Gasteiger partial charge in [0, 0.05) is 20.6 Å². The van der Waals surface area contributed by atoms with E-state index >= 15 is 0 Å². The van der Waals surface area contributed by atoms with Crippen molar-refractivity contribution in [2.45, 2.75) is 20.8 Å². The predicted molar refractivity (Wildman–Crippen MR) is 138 cm³/mol. The monoisotopic (exact) mass is 593 g/mol. The van der Waals surface area contributed by atoms with E-state index in [9.17, 15) is 14.4 Å². The van der Waals surface area contributed by atoms with Crippen LogP contribution >= 0.6 is 45.8 Å². The zero-order valence-electron chi connectivity index (χ0n) is 17.9. The molecule has 2 heterocycles. The summed E-state index contributed by atoms with van der Waals surface area (Å²) in [5, 5.41) is 2.70. The summed E-state index contributed by atoms with van der Waals surface area (Å²) in [5.74, 6) is -1.49. The number of hydrogen-bond acceptors (Lipinski definition) is 3. The van der Waals surface area contributed by atoms with Crippen LogP contribution in [0.5, 0.6) is 0 Å². The number of imide groups is 2. The molecule has 1 aliphatic rings. The van der Waals surface area contributed by atoms with Crippen LogP contribution in [-0.2, 0) is 9.59 Å². The Balaban J connectivity index is 1.77. The van der Waals surface area contributed by atoms with Gasteiger partial charge in [-0.2, -0.15) is 0 Å². The number of hydrogen-bond donors (Lipinski definition) is 1. The maximum Gasteiger partial charge on any atom is 0.335 e. The molecule has 168 valence electrons. The zero-order valence-corrected chi connectivity index (χ0v) is 21.5. The number of carbonyl (C=O) groups is 3. The minimum Gasteiger partial charge on any atom is -0.318 e. The summed E-state index contributed by atoms with van der Waals surface area (Å²) in [5.41, 5.74) is 4.70. The molecule has 2 aromatic carbocycles.